The van der Waals surface area contributed by atoms with Crippen molar-refractivity contribution in [2.45, 2.75) is 67.3 Å². The zero-order valence-electron chi connectivity index (χ0n) is 19.5. The summed E-state index contributed by atoms with van der Waals surface area (Å²) in [5.41, 5.74) is 3.48. The quantitative estimate of drug-likeness (QED) is 0.409. The molecule has 1 atom stereocenters. The van der Waals surface area contributed by atoms with E-state index in [0.29, 0.717) is 41.3 Å². The van der Waals surface area contributed by atoms with Gasteiger partial charge in [0.05, 0.1) is 27.6 Å². The smallest absolute Gasteiger partial charge is 0.243 e. The molecule has 5 rings (SSSR count). The van der Waals surface area contributed by atoms with Gasteiger partial charge in [-0.25, -0.2) is 13.4 Å². The van der Waals surface area contributed by atoms with Gasteiger partial charge in [0.1, 0.15) is 0 Å². The summed E-state index contributed by atoms with van der Waals surface area (Å²) >= 11 is 1.66. The summed E-state index contributed by atoms with van der Waals surface area (Å²) in [7, 11) is -3.53. The Morgan fingerprint density at radius 2 is 1.94 bits per heavy atom. The van der Waals surface area contributed by atoms with Crippen LogP contribution in [0.25, 0.3) is 11.0 Å². The van der Waals surface area contributed by atoms with Gasteiger partial charge >= 0.3 is 0 Å². The Morgan fingerprint density at radius 3 is 2.71 bits per heavy atom. The second-order valence-electron chi connectivity index (χ2n) is 9.56. The Hall–Kier alpha value is -2.34. The van der Waals surface area contributed by atoms with Crippen molar-refractivity contribution in [2.24, 2.45) is 5.92 Å². The molecular weight excluding hydrogens is 464 g/mol. The molecule has 8 heteroatoms. The molecule has 2 heterocycles. The molecule has 0 radical (unpaired) electrons. The molecule has 178 valence electrons. The van der Waals surface area contributed by atoms with Gasteiger partial charge in [-0.15, -0.1) is 0 Å². The van der Waals surface area contributed by atoms with Gasteiger partial charge in [0.25, 0.3) is 0 Å². The first kappa shape index (κ1) is 23.4. The van der Waals surface area contributed by atoms with Crippen LogP contribution in [0.3, 0.4) is 0 Å². The number of benzene rings is 2. The molecule has 1 saturated carbocycles. The maximum atomic E-state index is 13.4. The summed E-state index contributed by atoms with van der Waals surface area (Å²) in [5, 5.41) is 10.1. The molecule has 0 bridgehead atoms. The topological polar surface area (TPSA) is 79.0 Å². The number of nitrogens with zero attached hydrogens (tertiary/aromatic N) is 4. The fraction of sp³-hybridized carbons (Fsp3) is 0.462. The number of hydrogen-bond donors (Lipinski definition) is 0. The lowest BCUT2D eigenvalue weighted by molar-refractivity contribution is 0.281. The monoisotopic (exact) mass is 494 g/mol. The number of thioether (sulfide) groups is 1. The minimum atomic E-state index is -3.53. The van der Waals surface area contributed by atoms with Gasteiger partial charge in [-0.3, -0.25) is 0 Å². The first-order chi connectivity index (χ1) is 16.5. The van der Waals surface area contributed by atoms with Crippen molar-refractivity contribution in [1.82, 2.24) is 13.9 Å². The molecule has 2 aliphatic rings. The Bertz CT molecular complexity index is 1340. The molecule has 1 aliphatic carbocycles. The standard InChI is InChI=1S/C26H30N4O2S2/c1-19-6-5-13-29(17-19)34(31,32)23-11-12-25-24(15-23)28-26(30(25)22-9-2-3-10-22)33-18-21-8-4-7-20(14-21)16-27/h4,7-8,11-12,14-15,19,22H,2-3,5-6,9-10,13,17-18H2,1H3. The highest BCUT2D eigenvalue weighted by molar-refractivity contribution is 7.98. The third-order valence-corrected chi connectivity index (χ3v) is 9.88. The number of fused-ring (bicyclic) bond motifs is 1. The van der Waals surface area contributed by atoms with Crippen LogP contribution in [0.15, 0.2) is 52.5 Å². The molecule has 0 N–H and O–H groups in total. The van der Waals surface area contributed by atoms with E-state index in [-0.39, 0.29) is 0 Å². The van der Waals surface area contributed by atoms with Crippen LogP contribution in [0.2, 0.25) is 0 Å². The summed E-state index contributed by atoms with van der Waals surface area (Å²) in [6, 6.07) is 15.7. The van der Waals surface area contributed by atoms with Crippen molar-refractivity contribution in [3.05, 3.63) is 53.6 Å². The molecule has 2 aromatic carbocycles. The molecule has 0 amide bonds. The van der Waals surface area contributed by atoms with Gasteiger partial charge in [-0.2, -0.15) is 9.57 Å². The molecule has 0 spiro atoms. The highest BCUT2D eigenvalue weighted by Crippen LogP contribution is 2.38. The fourth-order valence-electron chi connectivity index (χ4n) is 5.23. The van der Waals surface area contributed by atoms with Crippen LogP contribution >= 0.6 is 11.8 Å². The molecule has 2 fully saturated rings. The molecule has 1 aromatic heterocycles. The van der Waals surface area contributed by atoms with E-state index in [0.717, 1.165) is 47.4 Å². The summed E-state index contributed by atoms with van der Waals surface area (Å²) in [4.78, 5) is 5.26. The van der Waals surface area contributed by atoms with Gasteiger partial charge < -0.3 is 4.57 Å². The predicted octanol–water partition coefficient (Wildman–Crippen LogP) is 5.74. The Balaban J connectivity index is 1.49. The summed E-state index contributed by atoms with van der Waals surface area (Å²) in [6.45, 7) is 3.29. The SMILES string of the molecule is CC1CCCN(S(=O)(=O)c2ccc3c(c2)nc(SCc2cccc(C#N)c2)n3C2CCCC2)C1. The first-order valence-electron chi connectivity index (χ1n) is 12.1. The number of hydrogen-bond acceptors (Lipinski definition) is 5. The van der Waals surface area contributed by atoms with Crippen LogP contribution in [0, 0.1) is 17.2 Å². The molecule has 6 nitrogen and oxygen atoms in total. The van der Waals surface area contributed by atoms with Gasteiger partial charge in [-0.05, 0) is 67.5 Å². The molecule has 34 heavy (non-hydrogen) atoms. The Labute approximate surface area is 206 Å². The molecule has 3 aromatic rings. The number of nitriles is 1. The van der Waals surface area contributed by atoms with Crippen molar-refractivity contribution in [1.29, 1.82) is 5.26 Å². The lowest BCUT2D eigenvalue weighted by atomic mass is 10.0. The van der Waals surface area contributed by atoms with E-state index in [4.69, 9.17) is 4.98 Å². The highest BCUT2D eigenvalue weighted by atomic mass is 32.2. The highest BCUT2D eigenvalue weighted by Gasteiger charge is 2.30. The second-order valence-corrected chi connectivity index (χ2v) is 12.4. The van der Waals surface area contributed by atoms with Crippen LogP contribution in [-0.4, -0.2) is 35.4 Å². The zero-order valence-corrected chi connectivity index (χ0v) is 21.1. The molecule has 1 aliphatic heterocycles. The van der Waals surface area contributed by atoms with E-state index in [1.165, 1.54) is 12.8 Å². The largest absolute Gasteiger partial charge is 0.316 e. The van der Waals surface area contributed by atoms with Crippen molar-refractivity contribution in [3.8, 4) is 6.07 Å². The van der Waals surface area contributed by atoms with Crippen LogP contribution < -0.4 is 0 Å². The van der Waals surface area contributed by atoms with E-state index in [2.05, 4.69) is 17.6 Å². The average Bonchev–Trinajstić information content (AvgIpc) is 3.49. The zero-order chi connectivity index (χ0) is 23.7. The number of imidazole rings is 1. The van der Waals surface area contributed by atoms with E-state index >= 15 is 0 Å². The van der Waals surface area contributed by atoms with Crippen LogP contribution in [0.4, 0.5) is 0 Å². The third kappa shape index (κ3) is 4.61. The number of aromatic nitrogens is 2. The normalized spacial score (nSPS) is 20.1. The van der Waals surface area contributed by atoms with Gasteiger partial charge in [0, 0.05) is 24.9 Å². The van der Waals surface area contributed by atoms with E-state index < -0.39 is 10.0 Å². The summed E-state index contributed by atoms with van der Waals surface area (Å²) in [5.74, 6) is 1.10. The first-order valence-corrected chi connectivity index (χ1v) is 14.5. The van der Waals surface area contributed by atoms with E-state index in [1.807, 2.05) is 30.3 Å². The average molecular weight is 495 g/mol. The summed E-state index contributed by atoms with van der Waals surface area (Å²) < 4.78 is 30.7. The molecular formula is C26H30N4O2S2. The van der Waals surface area contributed by atoms with Crippen molar-refractivity contribution in [3.63, 3.8) is 0 Å². The minimum absolute atomic E-state index is 0.337. The second kappa shape index (κ2) is 9.73. The Morgan fingerprint density at radius 1 is 1.12 bits per heavy atom. The fourth-order valence-corrected chi connectivity index (χ4v) is 7.87. The van der Waals surface area contributed by atoms with Crippen molar-refractivity contribution < 1.29 is 8.42 Å². The van der Waals surface area contributed by atoms with E-state index in [9.17, 15) is 13.7 Å². The number of rotatable bonds is 6. The van der Waals surface area contributed by atoms with Crippen LogP contribution in [0.1, 0.15) is 62.6 Å². The van der Waals surface area contributed by atoms with Gasteiger partial charge in [0.2, 0.25) is 10.0 Å². The maximum Gasteiger partial charge on any atom is 0.243 e. The predicted molar refractivity (Wildman–Crippen MR) is 135 cm³/mol. The number of sulfonamides is 1. The van der Waals surface area contributed by atoms with Crippen molar-refractivity contribution in [2.75, 3.05) is 13.1 Å². The van der Waals surface area contributed by atoms with Gasteiger partial charge in [0.15, 0.2) is 5.16 Å². The minimum Gasteiger partial charge on any atom is -0.316 e. The maximum absolute atomic E-state index is 13.4. The molecule has 1 unspecified atom stereocenters. The lowest BCUT2D eigenvalue weighted by Gasteiger charge is -2.30. The van der Waals surface area contributed by atoms with Crippen molar-refractivity contribution >= 4 is 32.8 Å². The Kier molecular flexibility index (Phi) is 6.70. The third-order valence-electron chi connectivity index (χ3n) is 7.00. The number of piperidine rings is 1. The molecule has 1 saturated heterocycles. The van der Waals surface area contributed by atoms with Crippen LogP contribution in [0.5, 0.6) is 0 Å². The lowest BCUT2D eigenvalue weighted by Crippen LogP contribution is -2.39. The van der Waals surface area contributed by atoms with Crippen LogP contribution in [-0.2, 0) is 15.8 Å². The summed E-state index contributed by atoms with van der Waals surface area (Å²) in [6.07, 6.45) is 6.64. The van der Waals surface area contributed by atoms with Gasteiger partial charge in [-0.1, -0.05) is 43.7 Å². The van der Waals surface area contributed by atoms with E-state index in [1.54, 1.807) is 28.2 Å².